The molecule has 1 N–H and O–H groups in total. The molecule has 0 radical (unpaired) electrons. The van der Waals surface area contributed by atoms with Crippen LogP contribution in [0.1, 0.15) is 36.2 Å². The average molecular weight is 426 g/mol. The largest absolute Gasteiger partial charge is 0.488 e. The number of fused-ring (bicyclic) bond motifs is 1. The second-order valence-corrected chi connectivity index (χ2v) is 8.84. The number of carbonyl (C=O) groups is 1. The quantitative estimate of drug-likeness (QED) is 0.810. The number of aromatic nitrogens is 2. The van der Waals surface area contributed by atoms with E-state index in [4.69, 9.17) is 4.74 Å². The minimum atomic E-state index is -0.569. The molecule has 0 spiro atoms. The van der Waals surface area contributed by atoms with Crippen LogP contribution < -0.4 is 9.64 Å². The van der Waals surface area contributed by atoms with Crippen molar-refractivity contribution in [1.29, 1.82) is 0 Å². The van der Waals surface area contributed by atoms with Crippen LogP contribution in [-0.4, -0.2) is 64.3 Å². The summed E-state index contributed by atoms with van der Waals surface area (Å²) in [5.41, 5.74) is 0.395. The third-order valence-corrected chi connectivity index (χ3v) is 6.74. The fourth-order valence-corrected chi connectivity index (χ4v) is 5.09. The van der Waals surface area contributed by atoms with E-state index in [9.17, 15) is 14.3 Å². The predicted molar refractivity (Wildman–Crippen MR) is 112 cm³/mol. The van der Waals surface area contributed by atoms with Gasteiger partial charge in [0.1, 0.15) is 29.2 Å². The highest BCUT2D eigenvalue weighted by molar-refractivity contribution is 5.92. The van der Waals surface area contributed by atoms with Crippen molar-refractivity contribution in [1.82, 2.24) is 14.9 Å². The van der Waals surface area contributed by atoms with E-state index < -0.39 is 6.10 Å². The molecule has 2 aromatic rings. The first-order chi connectivity index (χ1) is 15.1. The summed E-state index contributed by atoms with van der Waals surface area (Å²) in [6, 6.07) is 5.90. The van der Waals surface area contributed by atoms with Gasteiger partial charge in [-0.15, -0.1) is 0 Å². The van der Waals surface area contributed by atoms with E-state index in [1.165, 1.54) is 12.1 Å². The Morgan fingerprint density at radius 1 is 1.06 bits per heavy atom. The van der Waals surface area contributed by atoms with Gasteiger partial charge in [-0.3, -0.25) is 9.78 Å². The molecule has 0 bridgehead atoms. The molecular weight excluding hydrogens is 399 g/mol. The van der Waals surface area contributed by atoms with E-state index in [2.05, 4.69) is 14.9 Å². The number of rotatable bonds is 4. The highest BCUT2D eigenvalue weighted by Gasteiger charge is 2.43. The maximum atomic E-state index is 13.1. The van der Waals surface area contributed by atoms with E-state index in [0.29, 0.717) is 35.5 Å². The molecule has 2 saturated heterocycles. The number of ether oxygens (including phenoxy) is 1. The fraction of sp³-hybridized carbons (Fsp3) is 0.522. The van der Waals surface area contributed by atoms with Gasteiger partial charge in [-0.1, -0.05) is 0 Å². The monoisotopic (exact) mass is 426 g/mol. The van der Waals surface area contributed by atoms with Gasteiger partial charge >= 0.3 is 0 Å². The van der Waals surface area contributed by atoms with Crippen LogP contribution in [0.5, 0.6) is 5.75 Å². The SMILES string of the molecule is O=C(c1cncc(N2C[C@H]3C[C@@H](Oc4ccc(F)cc4)[C@H](O)C[C@H]3C2)n1)N1CCCC1. The molecule has 7 nitrogen and oxygen atoms in total. The number of hydrogen-bond acceptors (Lipinski definition) is 6. The molecule has 2 aliphatic heterocycles. The van der Waals surface area contributed by atoms with Crippen LogP contribution in [0.2, 0.25) is 0 Å². The minimum absolute atomic E-state index is 0.0494. The third kappa shape index (κ3) is 4.21. The second-order valence-electron chi connectivity index (χ2n) is 8.84. The molecule has 3 heterocycles. The number of likely N-dealkylation sites (tertiary alicyclic amines) is 1. The number of amides is 1. The van der Waals surface area contributed by atoms with Crippen molar-refractivity contribution in [3.05, 3.63) is 48.2 Å². The maximum absolute atomic E-state index is 13.1. The number of anilines is 1. The lowest BCUT2D eigenvalue weighted by molar-refractivity contribution is -0.0231. The smallest absolute Gasteiger partial charge is 0.274 e. The summed E-state index contributed by atoms with van der Waals surface area (Å²) < 4.78 is 19.1. The molecular formula is C23H27FN4O3. The topological polar surface area (TPSA) is 78.8 Å². The van der Waals surface area contributed by atoms with Crippen LogP contribution in [0.4, 0.5) is 10.2 Å². The molecule has 3 fully saturated rings. The summed E-state index contributed by atoms with van der Waals surface area (Å²) in [6.45, 7) is 3.13. The van der Waals surface area contributed by atoms with Crippen LogP contribution in [0.15, 0.2) is 36.7 Å². The fourth-order valence-electron chi connectivity index (χ4n) is 5.09. The lowest BCUT2D eigenvalue weighted by Gasteiger charge is -2.35. The van der Waals surface area contributed by atoms with E-state index in [1.807, 2.05) is 4.90 Å². The number of hydrogen-bond donors (Lipinski definition) is 1. The average Bonchev–Trinajstić information content (AvgIpc) is 3.45. The third-order valence-electron chi connectivity index (χ3n) is 6.74. The number of halogens is 1. The summed E-state index contributed by atoms with van der Waals surface area (Å²) in [5.74, 6) is 1.61. The summed E-state index contributed by atoms with van der Waals surface area (Å²) in [5, 5.41) is 10.6. The molecule has 0 unspecified atom stereocenters. The summed E-state index contributed by atoms with van der Waals surface area (Å²) in [6.07, 6.45) is 5.81. The highest BCUT2D eigenvalue weighted by Crippen LogP contribution is 2.39. The number of carbonyl (C=O) groups excluding carboxylic acids is 1. The van der Waals surface area contributed by atoms with Gasteiger partial charge in [0.25, 0.3) is 5.91 Å². The molecule has 3 aliphatic rings. The Morgan fingerprint density at radius 3 is 2.52 bits per heavy atom. The van der Waals surface area contributed by atoms with Crippen molar-refractivity contribution in [2.24, 2.45) is 11.8 Å². The minimum Gasteiger partial charge on any atom is -0.488 e. The van der Waals surface area contributed by atoms with Gasteiger partial charge in [0.15, 0.2) is 0 Å². The van der Waals surface area contributed by atoms with Gasteiger partial charge in [-0.2, -0.15) is 0 Å². The van der Waals surface area contributed by atoms with Crippen LogP contribution >= 0.6 is 0 Å². The number of benzene rings is 1. The van der Waals surface area contributed by atoms with Gasteiger partial charge in [0.2, 0.25) is 0 Å². The Balaban J connectivity index is 1.25. The molecule has 1 amide bonds. The van der Waals surface area contributed by atoms with Gasteiger partial charge in [0.05, 0.1) is 18.5 Å². The molecule has 4 atom stereocenters. The van der Waals surface area contributed by atoms with Gasteiger partial charge in [-0.05, 0) is 61.8 Å². The molecule has 5 rings (SSSR count). The van der Waals surface area contributed by atoms with Gasteiger partial charge < -0.3 is 19.6 Å². The summed E-state index contributed by atoms with van der Waals surface area (Å²) in [7, 11) is 0. The van der Waals surface area contributed by atoms with E-state index in [1.54, 1.807) is 24.5 Å². The lowest BCUT2D eigenvalue weighted by atomic mass is 9.78. The van der Waals surface area contributed by atoms with Crippen LogP contribution in [-0.2, 0) is 0 Å². The van der Waals surface area contributed by atoms with Crippen LogP contribution in [0.3, 0.4) is 0 Å². The normalized spacial score (nSPS) is 27.9. The zero-order valence-electron chi connectivity index (χ0n) is 17.4. The number of aliphatic hydroxyl groups is 1. The molecule has 1 aromatic heterocycles. The van der Waals surface area contributed by atoms with Crippen molar-refractivity contribution in [2.75, 3.05) is 31.1 Å². The first kappa shape index (κ1) is 20.2. The van der Waals surface area contributed by atoms with Gasteiger partial charge in [-0.25, -0.2) is 9.37 Å². The molecule has 164 valence electrons. The summed E-state index contributed by atoms with van der Waals surface area (Å²) in [4.78, 5) is 25.6. The molecule has 1 saturated carbocycles. The number of aliphatic hydroxyl groups excluding tert-OH is 1. The van der Waals surface area contributed by atoms with Crippen molar-refractivity contribution in [2.45, 2.75) is 37.9 Å². The maximum Gasteiger partial charge on any atom is 0.274 e. The highest BCUT2D eigenvalue weighted by atomic mass is 19.1. The van der Waals surface area contributed by atoms with Crippen molar-refractivity contribution in [3.63, 3.8) is 0 Å². The van der Waals surface area contributed by atoms with E-state index >= 15 is 0 Å². The van der Waals surface area contributed by atoms with Gasteiger partial charge in [0, 0.05) is 26.2 Å². The molecule has 1 aromatic carbocycles. The first-order valence-corrected chi connectivity index (χ1v) is 11.0. The lowest BCUT2D eigenvalue weighted by Crippen LogP contribution is -2.42. The zero-order chi connectivity index (χ0) is 21.4. The second kappa shape index (κ2) is 8.42. The molecule has 31 heavy (non-hydrogen) atoms. The van der Waals surface area contributed by atoms with Crippen molar-refractivity contribution >= 4 is 11.7 Å². The Bertz CT molecular complexity index is 935. The summed E-state index contributed by atoms with van der Waals surface area (Å²) >= 11 is 0. The van der Waals surface area contributed by atoms with Crippen LogP contribution in [0.25, 0.3) is 0 Å². The standard InChI is InChI=1S/C23H27FN4O3/c24-17-3-5-18(6-4-17)31-21-10-16-14-28(13-15(16)9-20(21)29)22-12-25-11-19(26-22)23(30)27-7-1-2-8-27/h3-6,11-12,15-16,20-21,29H,1-2,7-10,13-14H2/t15-,16+,20+,21+/m0/s1. The van der Waals surface area contributed by atoms with Crippen molar-refractivity contribution < 1.29 is 19.0 Å². The molecule has 1 aliphatic carbocycles. The Morgan fingerprint density at radius 2 is 1.77 bits per heavy atom. The predicted octanol–water partition coefficient (Wildman–Crippen LogP) is 2.51. The zero-order valence-corrected chi connectivity index (χ0v) is 17.4. The van der Waals surface area contributed by atoms with E-state index in [0.717, 1.165) is 45.4 Å². The Labute approximate surface area is 180 Å². The molecule has 8 heteroatoms. The van der Waals surface area contributed by atoms with Crippen molar-refractivity contribution in [3.8, 4) is 5.75 Å². The Kier molecular flexibility index (Phi) is 5.48. The number of nitrogens with zero attached hydrogens (tertiary/aromatic N) is 4. The first-order valence-electron chi connectivity index (χ1n) is 11.0. The Hall–Kier alpha value is -2.74. The van der Waals surface area contributed by atoms with Crippen LogP contribution in [0, 0.1) is 17.7 Å². The van der Waals surface area contributed by atoms with E-state index in [-0.39, 0.29) is 17.8 Å².